The van der Waals surface area contributed by atoms with Crippen LogP contribution < -0.4 is 0 Å². The number of unbranched alkanes of at least 4 members (excludes halogenated alkanes) is 8. The molecule has 1 aromatic rings. The summed E-state index contributed by atoms with van der Waals surface area (Å²) >= 11 is 0. The van der Waals surface area contributed by atoms with E-state index in [1.165, 1.54) is 50.3 Å². The molecule has 0 aromatic heterocycles. The average molecular weight is 491 g/mol. The van der Waals surface area contributed by atoms with E-state index in [4.69, 9.17) is 9.47 Å². The third-order valence-corrected chi connectivity index (χ3v) is 6.04. The van der Waals surface area contributed by atoms with E-state index in [0.717, 1.165) is 44.4 Å². The fourth-order valence-corrected chi connectivity index (χ4v) is 3.97. The summed E-state index contributed by atoms with van der Waals surface area (Å²) in [5.41, 5.74) is -0.528. The van der Waals surface area contributed by atoms with Crippen LogP contribution in [0, 0.1) is 11.8 Å². The van der Waals surface area contributed by atoms with Gasteiger partial charge in [0.1, 0.15) is 0 Å². The minimum absolute atomic E-state index is 0.0551. The van der Waals surface area contributed by atoms with Crippen molar-refractivity contribution < 1.29 is 29.0 Å². The maximum atomic E-state index is 12.7. The van der Waals surface area contributed by atoms with Gasteiger partial charge in [-0.15, -0.1) is 0 Å². The van der Waals surface area contributed by atoms with Crippen molar-refractivity contribution in [1.29, 1.82) is 0 Å². The molecule has 6 heteroatoms. The molecule has 198 valence electrons. The Bertz CT molecular complexity index is 768. The minimum atomic E-state index is -1.28. The van der Waals surface area contributed by atoms with Crippen molar-refractivity contribution >= 4 is 17.9 Å². The molecule has 0 radical (unpaired) electrons. The largest absolute Gasteiger partial charge is 0.478 e. The Kier molecular flexibility index (Phi) is 15.7. The molecule has 0 fully saturated rings. The van der Waals surface area contributed by atoms with Crippen molar-refractivity contribution in [3.05, 3.63) is 34.9 Å². The number of carboxylic acid groups (broad SMARTS) is 1. The van der Waals surface area contributed by atoms with E-state index in [1.54, 1.807) is 0 Å². The third-order valence-electron chi connectivity index (χ3n) is 6.04. The van der Waals surface area contributed by atoms with Gasteiger partial charge in [-0.2, -0.15) is 0 Å². The van der Waals surface area contributed by atoms with Gasteiger partial charge < -0.3 is 14.6 Å². The number of hydrogen-bond donors (Lipinski definition) is 1. The van der Waals surface area contributed by atoms with Gasteiger partial charge in [-0.05, 0) is 36.8 Å². The quantitative estimate of drug-likeness (QED) is 0.158. The normalized spacial score (nSPS) is 11.1. The lowest BCUT2D eigenvalue weighted by Crippen LogP contribution is -2.19. The molecular formula is C29H46O6. The SMILES string of the molecule is CC(C)CCCCCCCOC(=O)c1cccc(C(=O)O)c1C(=O)OCCCCCCCC(C)C. The van der Waals surface area contributed by atoms with Gasteiger partial charge in [0.15, 0.2) is 0 Å². The Morgan fingerprint density at radius 2 is 1.09 bits per heavy atom. The van der Waals surface area contributed by atoms with E-state index in [1.807, 2.05) is 0 Å². The number of carbonyl (C=O) groups is 3. The van der Waals surface area contributed by atoms with Crippen LogP contribution in [0.25, 0.3) is 0 Å². The molecule has 0 heterocycles. The molecule has 1 aromatic carbocycles. The van der Waals surface area contributed by atoms with Gasteiger partial charge in [-0.25, -0.2) is 14.4 Å². The predicted molar refractivity (Wildman–Crippen MR) is 139 cm³/mol. The Balaban J connectivity index is 2.54. The Morgan fingerprint density at radius 3 is 1.57 bits per heavy atom. The average Bonchev–Trinajstić information content (AvgIpc) is 2.81. The fraction of sp³-hybridized carbons (Fsp3) is 0.690. The molecule has 0 aliphatic carbocycles. The molecule has 0 saturated carbocycles. The molecule has 0 aliphatic heterocycles. The van der Waals surface area contributed by atoms with E-state index >= 15 is 0 Å². The first-order valence-corrected chi connectivity index (χ1v) is 13.4. The van der Waals surface area contributed by atoms with Crippen LogP contribution in [-0.2, 0) is 9.47 Å². The first-order valence-electron chi connectivity index (χ1n) is 13.4. The highest BCUT2D eigenvalue weighted by Gasteiger charge is 2.26. The second-order valence-corrected chi connectivity index (χ2v) is 10.2. The van der Waals surface area contributed by atoms with Gasteiger partial charge in [-0.1, -0.05) is 98.0 Å². The maximum Gasteiger partial charge on any atom is 0.339 e. The summed E-state index contributed by atoms with van der Waals surface area (Å²) < 4.78 is 10.7. The van der Waals surface area contributed by atoms with Crippen LogP contribution in [0.1, 0.15) is 136 Å². The number of ether oxygens (including phenoxy) is 2. The van der Waals surface area contributed by atoms with Crippen LogP contribution in [0.3, 0.4) is 0 Å². The Labute approximate surface area is 211 Å². The molecule has 0 saturated heterocycles. The second kappa shape index (κ2) is 18.0. The zero-order valence-electron chi connectivity index (χ0n) is 22.3. The van der Waals surface area contributed by atoms with Gasteiger partial charge in [0.05, 0.1) is 29.9 Å². The van der Waals surface area contributed by atoms with Crippen molar-refractivity contribution in [2.45, 2.75) is 105 Å². The van der Waals surface area contributed by atoms with Gasteiger partial charge in [0, 0.05) is 0 Å². The van der Waals surface area contributed by atoms with Gasteiger partial charge in [0.2, 0.25) is 0 Å². The first-order chi connectivity index (χ1) is 16.7. The first kappa shape index (κ1) is 30.7. The minimum Gasteiger partial charge on any atom is -0.478 e. The molecule has 0 atom stereocenters. The van der Waals surface area contributed by atoms with E-state index in [9.17, 15) is 19.5 Å². The maximum absolute atomic E-state index is 12.7. The van der Waals surface area contributed by atoms with E-state index in [2.05, 4.69) is 27.7 Å². The lowest BCUT2D eigenvalue weighted by Gasteiger charge is -2.12. The molecule has 1 rings (SSSR count). The van der Waals surface area contributed by atoms with E-state index in [-0.39, 0.29) is 29.9 Å². The topological polar surface area (TPSA) is 89.9 Å². The van der Waals surface area contributed by atoms with Gasteiger partial charge >= 0.3 is 17.9 Å². The van der Waals surface area contributed by atoms with Crippen LogP contribution in [0.5, 0.6) is 0 Å². The van der Waals surface area contributed by atoms with Crippen LogP contribution in [0.2, 0.25) is 0 Å². The monoisotopic (exact) mass is 490 g/mol. The summed E-state index contributed by atoms with van der Waals surface area (Å²) in [7, 11) is 0. The van der Waals surface area contributed by atoms with Crippen LogP contribution in [-0.4, -0.2) is 36.2 Å². The van der Waals surface area contributed by atoms with Crippen molar-refractivity contribution in [2.75, 3.05) is 13.2 Å². The van der Waals surface area contributed by atoms with Crippen molar-refractivity contribution in [1.82, 2.24) is 0 Å². The lowest BCUT2D eigenvalue weighted by molar-refractivity contribution is 0.0446. The summed E-state index contributed by atoms with van der Waals surface area (Å²) in [5, 5.41) is 9.54. The van der Waals surface area contributed by atoms with Gasteiger partial charge in [0.25, 0.3) is 0 Å². The smallest absolute Gasteiger partial charge is 0.339 e. The molecule has 0 unspecified atom stereocenters. The summed E-state index contributed by atoms with van der Waals surface area (Å²) in [6, 6.07) is 4.18. The van der Waals surface area contributed by atoms with Crippen LogP contribution >= 0.6 is 0 Å². The number of carbonyl (C=O) groups excluding carboxylic acids is 2. The highest BCUT2D eigenvalue weighted by atomic mass is 16.5. The Hall–Kier alpha value is -2.37. The molecule has 6 nitrogen and oxygen atoms in total. The zero-order chi connectivity index (χ0) is 26.1. The molecule has 0 aliphatic rings. The lowest BCUT2D eigenvalue weighted by atomic mass is 10.0. The number of carboxylic acids is 1. The molecule has 35 heavy (non-hydrogen) atoms. The second-order valence-electron chi connectivity index (χ2n) is 10.2. The van der Waals surface area contributed by atoms with Gasteiger partial charge in [-0.3, -0.25) is 0 Å². The molecular weight excluding hydrogens is 444 g/mol. The number of hydrogen-bond acceptors (Lipinski definition) is 5. The summed E-state index contributed by atoms with van der Waals surface area (Å²) in [5.74, 6) is -1.33. The standard InChI is InChI=1S/C29H46O6/c1-22(2)16-11-7-5-9-13-20-34-28(32)25-19-15-18-24(27(30)31)26(25)29(33)35-21-14-10-6-8-12-17-23(3)4/h15,18-19,22-23H,5-14,16-17,20-21H2,1-4H3,(H,30,31). The highest BCUT2D eigenvalue weighted by molar-refractivity contribution is 6.10. The highest BCUT2D eigenvalue weighted by Crippen LogP contribution is 2.19. The fourth-order valence-electron chi connectivity index (χ4n) is 3.97. The number of esters is 2. The summed E-state index contributed by atoms with van der Waals surface area (Å²) in [6.45, 7) is 9.31. The Morgan fingerprint density at radius 1 is 0.657 bits per heavy atom. The van der Waals surface area contributed by atoms with E-state index < -0.39 is 17.9 Å². The zero-order valence-corrected chi connectivity index (χ0v) is 22.3. The number of aromatic carboxylic acids is 1. The predicted octanol–water partition coefficient (Wildman–Crippen LogP) is 7.69. The molecule has 0 bridgehead atoms. The van der Waals surface area contributed by atoms with Crippen molar-refractivity contribution in [3.63, 3.8) is 0 Å². The van der Waals surface area contributed by atoms with Crippen molar-refractivity contribution in [2.24, 2.45) is 11.8 Å². The number of rotatable bonds is 19. The number of benzene rings is 1. The van der Waals surface area contributed by atoms with E-state index in [0.29, 0.717) is 12.3 Å². The van der Waals surface area contributed by atoms with Crippen LogP contribution in [0.15, 0.2) is 18.2 Å². The summed E-state index contributed by atoms with van der Waals surface area (Å²) in [4.78, 5) is 37.1. The summed E-state index contributed by atoms with van der Waals surface area (Å²) in [6.07, 6.45) is 12.7. The molecule has 0 spiro atoms. The van der Waals surface area contributed by atoms with Crippen molar-refractivity contribution in [3.8, 4) is 0 Å². The third kappa shape index (κ3) is 13.3. The molecule has 1 N–H and O–H groups in total. The van der Waals surface area contributed by atoms with Crippen LogP contribution in [0.4, 0.5) is 0 Å². The molecule has 0 amide bonds.